The maximum absolute atomic E-state index is 5.15. The molecular formula is C57H42N6. The zero-order valence-electron chi connectivity index (χ0n) is 34.7. The van der Waals surface area contributed by atoms with Crippen LogP contribution in [0, 0.1) is 23.7 Å². The van der Waals surface area contributed by atoms with Gasteiger partial charge in [0.15, 0.2) is 5.65 Å². The summed E-state index contributed by atoms with van der Waals surface area (Å²) in [6, 6.07) is 59.0. The van der Waals surface area contributed by atoms with Crippen molar-refractivity contribution in [1.29, 1.82) is 0 Å². The van der Waals surface area contributed by atoms with Gasteiger partial charge in [-0.15, -0.1) is 0 Å². The Bertz CT molecular complexity index is 3690. The molecule has 0 amide bonds. The summed E-state index contributed by atoms with van der Waals surface area (Å²) in [6.45, 7) is 0. The minimum Gasteiger partial charge on any atom is -0.309 e. The highest BCUT2D eigenvalue weighted by atomic mass is 15.3. The van der Waals surface area contributed by atoms with Gasteiger partial charge in [0.1, 0.15) is 11.8 Å². The van der Waals surface area contributed by atoms with E-state index in [1.54, 1.807) is 17.5 Å². The van der Waals surface area contributed by atoms with Gasteiger partial charge in [-0.1, -0.05) is 97.1 Å². The first-order chi connectivity index (χ1) is 31.2. The lowest BCUT2D eigenvalue weighted by atomic mass is 9.43. The Morgan fingerprint density at radius 1 is 0.444 bits per heavy atom. The van der Waals surface area contributed by atoms with Gasteiger partial charge in [-0.05, 0) is 150 Å². The van der Waals surface area contributed by atoms with Gasteiger partial charge in [0.2, 0.25) is 5.95 Å². The number of hydrogen-bond acceptors (Lipinski definition) is 3. The largest absolute Gasteiger partial charge is 0.309 e. The van der Waals surface area contributed by atoms with E-state index < -0.39 is 0 Å². The lowest BCUT2D eigenvalue weighted by Gasteiger charge is -2.61. The normalized spacial score (nSPS) is 22.0. The molecule has 6 nitrogen and oxygen atoms in total. The third kappa shape index (κ3) is 4.50. The number of nitrogens with zero attached hydrogens (tertiary/aromatic N) is 6. The van der Waals surface area contributed by atoms with Gasteiger partial charge in [0, 0.05) is 38.3 Å². The summed E-state index contributed by atoms with van der Waals surface area (Å²) in [5.74, 6) is 4.09. The van der Waals surface area contributed by atoms with E-state index in [0.717, 1.165) is 51.9 Å². The maximum atomic E-state index is 5.15. The Kier molecular flexibility index (Phi) is 6.76. The van der Waals surface area contributed by atoms with Crippen molar-refractivity contribution in [3.05, 3.63) is 181 Å². The zero-order valence-corrected chi connectivity index (χ0v) is 34.7. The van der Waals surface area contributed by atoms with E-state index in [1.165, 1.54) is 92.6 Å². The molecule has 4 heterocycles. The van der Waals surface area contributed by atoms with Crippen molar-refractivity contribution in [2.75, 3.05) is 0 Å². The quantitative estimate of drug-likeness (QED) is 0.178. The van der Waals surface area contributed by atoms with Gasteiger partial charge in [-0.2, -0.15) is 4.98 Å². The smallest absolute Gasteiger partial charge is 0.222 e. The van der Waals surface area contributed by atoms with Crippen LogP contribution >= 0.6 is 0 Å². The topological polar surface area (TPSA) is 53.5 Å². The van der Waals surface area contributed by atoms with Crippen LogP contribution in [0.3, 0.4) is 0 Å². The Morgan fingerprint density at radius 2 is 1.05 bits per heavy atom. The van der Waals surface area contributed by atoms with Crippen LogP contribution in [0.2, 0.25) is 0 Å². The van der Waals surface area contributed by atoms with Crippen molar-refractivity contribution < 1.29 is 0 Å². The molecule has 4 saturated carbocycles. The predicted octanol–water partition coefficient (Wildman–Crippen LogP) is 13.4. The number of benzene rings is 7. The molecule has 6 heteroatoms. The molecule has 300 valence electrons. The molecule has 4 bridgehead atoms. The molecule has 0 saturated heterocycles. The highest BCUT2D eigenvalue weighted by Crippen LogP contribution is 2.69. The van der Waals surface area contributed by atoms with Crippen LogP contribution in [-0.4, -0.2) is 28.7 Å². The Labute approximate surface area is 364 Å². The third-order valence-electron chi connectivity index (χ3n) is 16.0. The fourth-order valence-electron chi connectivity index (χ4n) is 13.9. The Balaban J connectivity index is 0.895. The monoisotopic (exact) mass is 810 g/mol. The average Bonchev–Trinajstić information content (AvgIpc) is 4.06. The molecule has 63 heavy (non-hydrogen) atoms. The predicted molar refractivity (Wildman–Crippen MR) is 254 cm³/mol. The summed E-state index contributed by atoms with van der Waals surface area (Å²) < 4.78 is 6.99. The number of para-hydroxylation sites is 3. The van der Waals surface area contributed by atoms with E-state index >= 15 is 0 Å². The number of hydrogen-bond donors (Lipinski definition) is 0. The Hall–Kier alpha value is -7.31. The fraction of sp³-hybridized carbons (Fsp3) is 0.175. The van der Waals surface area contributed by atoms with Crippen molar-refractivity contribution in [2.24, 2.45) is 23.7 Å². The molecule has 16 rings (SSSR count). The summed E-state index contributed by atoms with van der Waals surface area (Å²) in [5.41, 5.74) is 17.2. The fourth-order valence-corrected chi connectivity index (χ4v) is 13.9. The van der Waals surface area contributed by atoms with Crippen LogP contribution < -0.4 is 0 Å². The maximum Gasteiger partial charge on any atom is 0.222 e. The van der Waals surface area contributed by atoms with Crippen molar-refractivity contribution in [2.45, 2.75) is 37.5 Å². The number of imidazole rings is 1. The minimum atomic E-state index is 0.130. The standard InChI is InChI=1S/C57H42N6/c1-2-10-40(11-3-1)62-54-32-58-33-59-55(54)60-56(62)63-51-17-9-6-14-45(51)47-30-37(19-23-53(47)63)36-18-22-52-46(29-36)44-13-5-8-16-50(44)61(52)41-20-21-43-42-12-4-7-15-48(42)57(49(43)31-41)38-25-34-24-35(27-38)28-39(57)26-34/h1-23,29-35,38-39H,24-28H2. The summed E-state index contributed by atoms with van der Waals surface area (Å²) >= 11 is 0. The first-order valence-corrected chi connectivity index (χ1v) is 22.8. The van der Waals surface area contributed by atoms with Gasteiger partial charge < -0.3 is 4.57 Å². The van der Waals surface area contributed by atoms with E-state index in [9.17, 15) is 0 Å². The zero-order chi connectivity index (χ0) is 41.0. The summed E-state index contributed by atoms with van der Waals surface area (Å²) in [4.78, 5) is 14.1. The number of aromatic nitrogens is 6. The van der Waals surface area contributed by atoms with Gasteiger partial charge in [-0.3, -0.25) is 9.13 Å². The molecule has 5 aliphatic carbocycles. The Morgan fingerprint density at radius 3 is 1.78 bits per heavy atom. The van der Waals surface area contributed by atoms with Crippen LogP contribution in [0.25, 0.3) is 94.4 Å². The molecule has 7 aromatic carbocycles. The first-order valence-electron chi connectivity index (χ1n) is 22.8. The molecule has 0 atom stereocenters. The molecule has 11 aromatic rings. The second kappa shape index (κ2) is 12.4. The second-order valence-corrected chi connectivity index (χ2v) is 18.9. The number of rotatable bonds is 4. The van der Waals surface area contributed by atoms with Crippen LogP contribution in [0.15, 0.2) is 170 Å². The first kappa shape index (κ1) is 34.3. The highest BCUT2D eigenvalue weighted by molar-refractivity contribution is 6.13. The van der Waals surface area contributed by atoms with Crippen molar-refractivity contribution >= 4 is 54.8 Å². The third-order valence-corrected chi connectivity index (χ3v) is 16.0. The summed E-state index contributed by atoms with van der Waals surface area (Å²) in [5, 5.41) is 4.92. The summed E-state index contributed by atoms with van der Waals surface area (Å²) in [7, 11) is 0. The summed E-state index contributed by atoms with van der Waals surface area (Å²) in [6.07, 6.45) is 10.4. The highest BCUT2D eigenvalue weighted by Gasteiger charge is 2.61. The SMILES string of the molecule is c1ccc(-n2c(-n3c4ccccc4c4cc(-c5ccc6c(c5)c5ccccc5n6-c5ccc6c(c5)C5(c7ccccc7-6)C6CC7CC(C6)CC5C7)ccc43)nc3ncncc32)cc1. The van der Waals surface area contributed by atoms with E-state index in [2.05, 4.69) is 175 Å². The molecule has 0 N–H and O–H groups in total. The van der Waals surface area contributed by atoms with E-state index in [-0.39, 0.29) is 5.41 Å². The van der Waals surface area contributed by atoms with Gasteiger partial charge >= 0.3 is 0 Å². The van der Waals surface area contributed by atoms with Crippen molar-refractivity contribution in [3.63, 3.8) is 0 Å². The molecule has 5 aliphatic rings. The molecule has 0 radical (unpaired) electrons. The van der Waals surface area contributed by atoms with E-state index in [4.69, 9.17) is 4.98 Å². The van der Waals surface area contributed by atoms with Crippen LogP contribution in [-0.2, 0) is 5.41 Å². The molecular weight excluding hydrogens is 769 g/mol. The number of fused-ring (bicyclic) bond motifs is 10. The van der Waals surface area contributed by atoms with E-state index in [0.29, 0.717) is 5.65 Å². The van der Waals surface area contributed by atoms with Gasteiger partial charge in [0.25, 0.3) is 0 Å². The van der Waals surface area contributed by atoms with Gasteiger partial charge in [0.05, 0.1) is 28.3 Å². The lowest BCUT2D eigenvalue weighted by molar-refractivity contribution is -0.0399. The molecule has 0 unspecified atom stereocenters. The second-order valence-electron chi connectivity index (χ2n) is 18.9. The molecule has 4 fully saturated rings. The van der Waals surface area contributed by atoms with Crippen LogP contribution in [0.1, 0.15) is 43.2 Å². The van der Waals surface area contributed by atoms with E-state index in [1.807, 2.05) is 12.3 Å². The molecule has 4 aromatic heterocycles. The van der Waals surface area contributed by atoms with Crippen LogP contribution in [0.5, 0.6) is 0 Å². The van der Waals surface area contributed by atoms with Crippen LogP contribution in [0.4, 0.5) is 0 Å². The molecule has 1 spiro atoms. The molecule has 0 aliphatic heterocycles. The lowest BCUT2D eigenvalue weighted by Crippen LogP contribution is -2.55. The van der Waals surface area contributed by atoms with Crippen molar-refractivity contribution in [1.82, 2.24) is 28.7 Å². The minimum absolute atomic E-state index is 0.130. The average molecular weight is 811 g/mol. The van der Waals surface area contributed by atoms with Crippen molar-refractivity contribution in [3.8, 4) is 39.6 Å². The van der Waals surface area contributed by atoms with Gasteiger partial charge in [-0.25, -0.2) is 9.97 Å².